The molecule has 2 N–H and O–H groups in total. The predicted octanol–water partition coefficient (Wildman–Crippen LogP) is 2.44. The molecule has 94 valence electrons. The van der Waals surface area contributed by atoms with Gasteiger partial charge >= 0.3 is 0 Å². The predicted molar refractivity (Wildman–Crippen MR) is 69.8 cm³/mol. The number of rotatable bonds is 3. The number of Topliss-reactive ketones (excluding diaryl/α,β-unsaturated/α-hetero) is 1. The number of ether oxygens (including phenoxy) is 1. The Morgan fingerprint density at radius 3 is 2.35 bits per heavy atom. The maximum atomic E-state index is 11.7. The summed E-state index contributed by atoms with van der Waals surface area (Å²) in [6.45, 7) is 8.28. The van der Waals surface area contributed by atoms with Gasteiger partial charge in [0.25, 0.3) is 0 Å². The minimum absolute atomic E-state index is 0.0371. The van der Waals surface area contributed by atoms with Crippen LogP contribution in [0.25, 0.3) is 0 Å². The Labute approximate surface area is 103 Å². The molecule has 0 fully saturated rings. The van der Waals surface area contributed by atoms with E-state index in [9.17, 15) is 4.79 Å². The first-order chi connectivity index (χ1) is 7.81. The molecule has 1 aromatic rings. The third-order valence-electron chi connectivity index (χ3n) is 2.79. The molecule has 0 bridgehead atoms. The summed E-state index contributed by atoms with van der Waals surface area (Å²) >= 11 is 0. The second-order valence-corrected chi connectivity index (χ2v) is 5.25. The third kappa shape index (κ3) is 2.86. The second-order valence-electron chi connectivity index (χ2n) is 5.25. The molecule has 17 heavy (non-hydrogen) atoms. The number of carbonyl (C=O) groups excluding carboxylic acids is 1. The largest absolute Gasteiger partial charge is 0.496 e. The highest BCUT2D eigenvalue weighted by Crippen LogP contribution is 2.34. The van der Waals surface area contributed by atoms with E-state index in [0.29, 0.717) is 5.56 Å². The fraction of sp³-hybridized carbons (Fsp3) is 0.500. The van der Waals surface area contributed by atoms with Crippen molar-refractivity contribution < 1.29 is 9.53 Å². The number of ketones is 1. The van der Waals surface area contributed by atoms with Crippen molar-refractivity contribution in [1.82, 2.24) is 0 Å². The Hall–Kier alpha value is -1.35. The fourth-order valence-corrected chi connectivity index (χ4v) is 1.88. The van der Waals surface area contributed by atoms with Crippen molar-refractivity contribution in [2.45, 2.75) is 33.1 Å². The normalized spacial score (nSPS) is 11.4. The molecular weight excluding hydrogens is 214 g/mol. The van der Waals surface area contributed by atoms with Gasteiger partial charge in [-0.3, -0.25) is 4.79 Å². The second kappa shape index (κ2) is 4.88. The zero-order chi connectivity index (χ0) is 13.2. The SMILES string of the molecule is COc1c(C)cc(C(=O)CN)cc1C(C)(C)C. The summed E-state index contributed by atoms with van der Waals surface area (Å²) in [5, 5.41) is 0. The van der Waals surface area contributed by atoms with E-state index < -0.39 is 0 Å². The lowest BCUT2D eigenvalue weighted by Crippen LogP contribution is -2.18. The molecule has 0 aromatic heterocycles. The summed E-state index contributed by atoms with van der Waals surface area (Å²) in [5.41, 5.74) is 8.01. The van der Waals surface area contributed by atoms with Crippen LogP contribution in [0.3, 0.4) is 0 Å². The summed E-state index contributed by atoms with van der Waals surface area (Å²) in [6.07, 6.45) is 0. The van der Waals surface area contributed by atoms with Crippen LogP contribution in [0, 0.1) is 6.92 Å². The van der Waals surface area contributed by atoms with E-state index in [1.807, 2.05) is 19.1 Å². The van der Waals surface area contributed by atoms with Gasteiger partial charge in [-0.05, 0) is 30.0 Å². The third-order valence-corrected chi connectivity index (χ3v) is 2.79. The van der Waals surface area contributed by atoms with Crippen molar-refractivity contribution in [3.63, 3.8) is 0 Å². The van der Waals surface area contributed by atoms with Crippen molar-refractivity contribution >= 4 is 5.78 Å². The molecule has 0 atom stereocenters. The Kier molecular flexibility index (Phi) is 3.94. The quantitative estimate of drug-likeness (QED) is 0.819. The molecule has 0 spiro atoms. The number of methoxy groups -OCH3 is 1. The standard InChI is InChI=1S/C14H21NO2/c1-9-6-10(12(16)8-15)7-11(13(9)17-5)14(2,3)4/h6-7H,8,15H2,1-5H3. The fourth-order valence-electron chi connectivity index (χ4n) is 1.88. The lowest BCUT2D eigenvalue weighted by Gasteiger charge is -2.24. The van der Waals surface area contributed by atoms with Crippen LogP contribution in [0.5, 0.6) is 5.75 Å². The van der Waals surface area contributed by atoms with Crippen LogP contribution in [-0.4, -0.2) is 19.4 Å². The Bertz CT molecular complexity index is 431. The van der Waals surface area contributed by atoms with Crippen molar-refractivity contribution in [1.29, 1.82) is 0 Å². The topological polar surface area (TPSA) is 52.3 Å². The van der Waals surface area contributed by atoms with Crippen LogP contribution < -0.4 is 10.5 Å². The number of hydrogen-bond acceptors (Lipinski definition) is 3. The van der Waals surface area contributed by atoms with E-state index in [0.717, 1.165) is 16.9 Å². The number of aryl methyl sites for hydroxylation is 1. The van der Waals surface area contributed by atoms with E-state index >= 15 is 0 Å². The van der Waals surface area contributed by atoms with Crippen LogP contribution in [-0.2, 0) is 5.41 Å². The first kappa shape index (κ1) is 13.7. The van der Waals surface area contributed by atoms with Gasteiger partial charge in [-0.1, -0.05) is 20.8 Å². The zero-order valence-corrected chi connectivity index (χ0v) is 11.3. The summed E-state index contributed by atoms with van der Waals surface area (Å²) in [4.78, 5) is 11.7. The molecular formula is C14H21NO2. The maximum absolute atomic E-state index is 11.7. The molecule has 1 rings (SSSR count). The summed E-state index contributed by atoms with van der Waals surface area (Å²) in [5.74, 6) is 0.812. The highest BCUT2D eigenvalue weighted by Gasteiger charge is 2.22. The molecule has 0 radical (unpaired) electrons. The van der Waals surface area contributed by atoms with E-state index in [2.05, 4.69) is 20.8 Å². The molecule has 0 unspecified atom stereocenters. The number of hydrogen-bond donors (Lipinski definition) is 1. The maximum Gasteiger partial charge on any atom is 0.176 e. The van der Waals surface area contributed by atoms with Crippen LogP contribution >= 0.6 is 0 Å². The molecule has 0 saturated carbocycles. The molecule has 0 aliphatic heterocycles. The average molecular weight is 235 g/mol. The van der Waals surface area contributed by atoms with Gasteiger partial charge in [0.15, 0.2) is 5.78 Å². The molecule has 0 aliphatic rings. The average Bonchev–Trinajstić information content (AvgIpc) is 2.25. The summed E-state index contributed by atoms with van der Waals surface area (Å²) < 4.78 is 5.43. The highest BCUT2D eigenvalue weighted by molar-refractivity contribution is 5.98. The van der Waals surface area contributed by atoms with E-state index in [4.69, 9.17) is 10.5 Å². The molecule has 1 aromatic carbocycles. The first-order valence-corrected chi connectivity index (χ1v) is 5.73. The van der Waals surface area contributed by atoms with Crippen LogP contribution in [0.15, 0.2) is 12.1 Å². The number of benzene rings is 1. The van der Waals surface area contributed by atoms with E-state index in [1.165, 1.54) is 0 Å². The molecule has 3 heteroatoms. The van der Waals surface area contributed by atoms with Crippen LogP contribution in [0.1, 0.15) is 42.3 Å². The summed E-state index contributed by atoms with van der Waals surface area (Å²) in [7, 11) is 1.65. The van der Waals surface area contributed by atoms with Gasteiger partial charge in [0.1, 0.15) is 5.75 Å². The van der Waals surface area contributed by atoms with Gasteiger partial charge in [-0.15, -0.1) is 0 Å². The number of nitrogens with two attached hydrogens (primary N) is 1. The van der Waals surface area contributed by atoms with E-state index in [1.54, 1.807) is 7.11 Å². The molecule has 0 aliphatic carbocycles. The smallest absolute Gasteiger partial charge is 0.176 e. The van der Waals surface area contributed by atoms with Gasteiger partial charge in [-0.2, -0.15) is 0 Å². The van der Waals surface area contributed by atoms with E-state index in [-0.39, 0.29) is 17.7 Å². The monoisotopic (exact) mass is 235 g/mol. The van der Waals surface area contributed by atoms with Crippen LogP contribution in [0.2, 0.25) is 0 Å². The number of carbonyl (C=O) groups is 1. The molecule has 0 saturated heterocycles. The summed E-state index contributed by atoms with van der Waals surface area (Å²) in [6, 6.07) is 3.73. The minimum Gasteiger partial charge on any atom is -0.496 e. The first-order valence-electron chi connectivity index (χ1n) is 5.73. The van der Waals surface area contributed by atoms with Crippen molar-refractivity contribution in [3.8, 4) is 5.75 Å². The van der Waals surface area contributed by atoms with Crippen molar-refractivity contribution in [2.24, 2.45) is 5.73 Å². The Morgan fingerprint density at radius 1 is 1.35 bits per heavy atom. The van der Waals surface area contributed by atoms with Gasteiger partial charge in [-0.25, -0.2) is 0 Å². The molecule has 3 nitrogen and oxygen atoms in total. The Balaban J connectivity index is 3.44. The lowest BCUT2D eigenvalue weighted by molar-refractivity contribution is 0.100. The van der Waals surface area contributed by atoms with Crippen LogP contribution in [0.4, 0.5) is 0 Å². The van der Waals surface area contributed by atoms with Gasteiger partial charge in [0.2, 0.25) is 0 Å². The molecule has 0 amide bonds. The highest BCUT2D eigenvalue weighted by atomic mass is 16.5. The Morgan fingerprint density at radius 2 is 1.94 bits per heavy atom. The van der Waals surface area contributed by atoms with Gasteiger partial charge < -0.3 is 10.5 Å². The molecule has 0 heterocycles. The van der Waals surface area contributed by atoms with Gasteiger partial charge in [0, 0.05) is 11.1 Å². The van der Waals surface area contributed by atoms with Crippen molar-refractivity contribution in [2.75, 3.05) is 13.7 Å². The minimum atomic E-state index is -0.0685. The zero-order valence-electron chi connectivity index (χ0n) is 11.3. The lowest BCUT2D eigenvalue weighted by atomic mass is 9.83. The van der Waals surface area contributed by atoms with Gasteiger partial charge in [0.05, 0.1) is 13.7 Å². The van der Waals surface area contributed by atoms with Crippen molar-refractivity contribution in [3.05, 3.63) is 28.8 Å².